The Morgan fingerprint density at radius 1 is 1.17 bits per heavy atom. The van der Waals surface area contributed by atoms with Gasteiger partial charge < -0.3 is 21.5 Å². The molecule has 9 nitrogen and oxygen atoms in total. The van der Waals surface area contributed by atoms with Crippen LogP contribution in [0.2, 0.25) is 0 Å². The SMILES string of the molecule is N#CNC1=NC(c2ccc(OC(F)(F)F)c(F)c2F)c2c(nc(N)c(C#N)c2N)N1. The number of fused-ring (bicyclic) bond motifs is 1. The molecule has 0 spiro atoms. The third-order valence-electron chi connectivity index (χ3n) is 3.95. The second-order valence-electron chi connectivity index (χ2n) is 5.73. The van der Waals surface area contributed by atoms with E-state index in [9.17, 15) is 27.2 Å². The molecule has 0 aliphatic carbocycles. The van der Waals surface area contributed by atoms with Crippen LogP contribution in [-0.4, -0.2) is 17.3 Å². The van der Waals surface area contributed by atoms with E-state index in [0.29, 0.717) is 6.07 Å². The number of hydrogen-bond donors (Lipinski definition) is 4. The van der Waals surface area contributed by atoms with E-state index in [2.05, 4.69) is 25.3 Å². The zero-order valence-electron chi connectivity index (χ0n) is 14.5. The predicted molar refractivity (Wildman–Crippen MR) is 92.5 cm³/mol. The first kappa shape index (κ1) is 20.4. The van der Waals surface area contributed by atoms with Crippen LogP contribution in [0.25, 0.3) is 0 Å². The van der Waals surface area contributed by atoms with Crippen LogP contribution in [0.3, 0.4) is 0 Å². The number of pyridine rings is 1. The normalized spacial score (nSPS) is 15.2. The van der Waals surface area contributed by atoms with Crippen LogP contribution in [0.5, 0.6) is 5.75 Å². The summed E-state index contributed by atoms with van der Waals surface area (Å²) in [7, 11) is 0. The van der Waals surface area contributed by atoms with E-state index in [4.69, 9.17) is 16.7 Å². The molecule has 0 saturated carbocycles. The zero-order valence-corrected chi connectivity index (χ0v) is 14.5. The van der Waals surface area contributed by atoms with E-state index >= 15 is 0 Å². The van der Waals surface area contributed by atoms with Crippen molar-refractivity contribution in [2.24, 2.45) is 4.99 Å². The quantitative estimate of drug-likeness (QED) is 0.325. The number of ether oxygens (including phenoxy) is 1. The molecule has 30 heavy (non-hydrogen) atoms. The predicted octanol–water partition coefficient (Wildman–Crippen LogP) is 2.24. The van der Waals surface area contributed by atoms with Gasteiger partial charge in [0, 0.05) is 11.1 Å². The number of guanidine groups is 1. The molecular formula is C16H9F5N8O. The molecule has 0 bridgehead atoms. The summed E-state index contributed by atoms with van der Waals surface area (Å²) in [4.78, 5) is 7.90. The Kier molecular flexibility index (Phi) is 4.93. The molecule has 6 N–H and O–H groups in total. The Morgan fingerprint density at radius 3 is 2.47 bits per heavy atom. The Balaban J connectivity index is 2.22. The number of alkyl halides is 3. The number of nitrogens with one attached hydrogen (secondary N) is 2. The van der Waals surface area contributed by atoms with Gasteiger partial charge in [-0.2, -0.15) is 14.9 Å². The number of benzene rings is 1. The average Bonchev–Trinajstić information content (AvgIpc) is 2.64. The highest BCUT2D eigenvalue weighted by atomic mass is 19.4. The first-order chi connectivity index (χ1) is 14.1. The first-order valence-corrected chi connectivity index (χ1v) is 7.79. The van der Waals surface area contributed by atoms with E-state index in [1.807, 2.05) is 0 Å². The molecule has 0 amide bonds. The van der Waals surface area contributed by atoms with Crippen molar-refractivity contribution in [3.05, 3.63) is 40.5 Å². The number of aliphatic imine (C=N–C) groups is 1. The summed E-state index contributed by atoms with van der Waals surface area (Å²) < 4.78 is 69.5. The van der Waals surface area contributed by atoms with Crippen molar-refractivity contribution in [1.82, 2.24) is 10.3 Å². The average molecular weight is 424 g/mol. The Labute approximate surface area is 164 Å². The van der Waals surface area contributed by atoms with Crippen LogP contribution in [0.4, 0.5) is 39.3 Å². The monoisotopic (exact) mass is 424 g/mol. The first-order valence-electron chi connectivity index (χ1n) is 7.79. The van der Waals surface area contributed by atoms with Crippen molar-refractivity contribution in [1.29, 1.82) is 10.5 Å². The Morgan fingerprint density at radius 2 is 1.87 bits per heavy atom. The molecule has 2 aromatic rings. The Bertz CT molecular complexity index is 1150. The molecule has 2 heterocycles. The number of nitrogens with zero attached hydrogens (tertiary/aromatic N) is 4. The summed E-state index contributed by atoms with van der Waals surface area (Å²) in [6.07, 6.45) is -3.69. The minimum atomic E-state index is -5.24. The van der Waals surface area contributed by atoms with Gasteiger partial charge in [-0.25, -0.2) is 14.4 Å². The lowest BCUT2D eigenvalue weighted by Gasteiger charge is -2.26. The number of rotatable bonds is 2. The van der Waals surface area contributed by atoms with Crippen LogP contribution in [0.1, 0.15) is 22.7 Å². The van der Waals surface area contributed by atoms with Crippen molar-refractivity contribution in [3.8, 4) is 18.0 Å². The summed E-state index contributed by atoms with van der Waals surface area (Å²) in [5.41, 5.74) is 10.4. The van der Waals surface area contributed by atoms with Crippen molar-refractivity contribution in [2.45, 2.75) is 12.4 Å². The van der Waals surface area contributed by atoms with E-state index < -0.39 is 35.4 Å². The maximum Gasteiger partial charge on any atom is 0.573 e. The summed E-state index contributed by atoms with van der Waals surface area (Å²) >= 11 is 0. The molecule has 1 aromatic heterocycles. The molecule has 1 aromatic carbocycles. The molecule has 3 rings (SSSR count). The van der Waals surface area contributed by atoms with Gasteiger partial charge in [-0.15, -0.1) is 13.2 Å². The molecule has 1 aliphatic heterocycles. The smallest absolute Gasteiger partial charge is 0.403 e. The van der Waals surface area contributed by atoms with Crippen molar-refractivity contribution < 1.29 is 26.7 Å². The van der Waals surface area contributed by atoms with E-state index in [1.165, 1.54) is 0 Å². The lowest BCUT2D eigenvalue weighted by atomic mass is 9.94. The molecule has 0 saturated heterocycles. The van der Waals surface area contributed by atoms with Crippen LogP contribution >= 0.6 is 0 Å². The van der Waals surface area contributed by atoms with Gasteiger partial charge in [0.15, 0.2) is 17.8 Å². The standard InChI is InChI=1S/C16H9F5N8O/c17-9-5(1-2-7(10(9)18)30-16(19,20)21)12-8-11(24)6(3-22)13(25)28-14(8)29-15(27-12)26-4-23/h1-2,12H,(H6,24,25,26,27,28,29). The van der Waals surface area contributed by atoms with Crippen LogP contribution in [-0.2, 0) is 0 Å². The number of anilines is 3. The van der Waals surface area contributed by atoms with Crippen molar-refractivity contribution >= 4 is 23.3 Å². The van der Waals surface area contributed by atoms with E-state index in [1.54, 1.807) is 12.3 Å². The highest BCUT2D eigenvalue weighted by molar-refractivity contribution is 5.98. The summed E-state index contributed by atoms with van der Waals surface area (Å²) in [5.74, 6) is -5.66. The fourth-order valence-electron chi connectivity index (χ4n) is 2.77. The molecule has 1 atom stereocenters. The van der Waals surface area contributed by atoms with Crippen LogP contribution in [0.15, 0.2) is 17.1 Å². The second-order valence-corrected chi connectivity index (χ2v) is 5.73. The number of nitrogens with two attached hydrogens (primary N) is 2. The largest absolute Gasteiger partial charge is 0.573 e. The summed E-state index contributed by atoms with van der Waals surface area (Å²) in [6, 6.07) is 1.59. The maximum absolute atomic E-state index is 14.7. The highest BCUT2D eigenvalue weighted by Crippen LogP contribution is 2.42. The fourth-order valence-corrected chi connectivity index (χ4v) is 2.77. The molecule has 0 radical (unpaired) electrons. The van der Waals surface area contributed by atoms with Gasteiger partial charge in [-0.1, -0.05) is 0 Å². The number of nitriles is 2. The third kappa shape index (κ3) is 3.53. The molecule has 0 fully saturated rings. The number of halogens is 5. The number of aromatic nitrogens is 1. The highest BCUT2D eigenvalue weighted by Gasteiger charge is 2.36. The fraction of sp³-hybridized carbons (Fsp3) is 0.125. The second kappa shape index (κ2) is 7.25. The Hall–Kier alpha value is -4.33. The zero-order chi connectivity index (χ0) is 22.2. The van der Waals surface area contributed by atoms with E-state index in [0.717, 1.165) is 6.07 Å². The minimum Gasteiger partial charge on any atom is -0.403 e. The third-order valence-corrected chi connectivity index (χ3v) is 3.95. The lowest BCUT2D eigenvalue weighted by molar-refractivity contribution is -0.275. The van der Waals surface area contributed by atoms with Crippen LogP contribution < -0.4 is 26.8 Å². The number of hydrogen-bond acceptors (Lipinski definition) is 9. The molecule has 154 valence electrons. The van der Waals surface area contributed by atoms with Crippen molar-refractivity contribution in [3.63, 3.8) is 0 Å². The summed E-state index contributed by atoms with van der Waals surface area (Å²) in [5, 5.41) is 22.7. The maximum atomic E-state index is 14.7. The van der Waals surface area contributed by atoms with Crippen LogP contribution in [0, 0.1) is 34.4 Å². The van der Waals surface area contributed by atoms with Gasteiger partial charge in [0.2, 0.25) is 11.8 Å². The lowest BCUT2D eigenvalue weighted by Crippen LogP contribution is -2.33. The van der Waals surface area contributed by atoms with Crippen molar-refractivity contribution in [2.75, 3.05) is 16.8 Å². The number of nitrogen functional groups attached to an aromatic ring is 2. The van der Waals surface area contributed by atoms with Gasteiger partial charge in [0.1, 0.15) is 29.3 Å². The molecule has 1 unspecified atom stereocenters. The molecule has 14 heteroatoms. The van der Waals surface area contributed by atoms with E-state index in [-0.39, 0.29) is 34.4 Å². The van der Waals surface area contributed by atoms with Gasteiger partial charge in [-0.05, 0) is 12.1 Å². The minimum absolute atomic E-state index is 0.0907. The van der Waals surface area contributed by atoms with Gasteiger partial charge in [0.25, 0.3) is 0 Å². The van der Waals surface area contributed by atoms with Gasteiger partial charge in [-0.3, -0.25) is 5.32 Å². The van der Waals surface area contributed by atoms with Gasteiger partial charge >= 0.3 is 6.36 Å². The topological polar surface area (TPSA) is 158 Å². The molecular weight excluding hydrogens is 415 g/mol. The molecule has 1 aliphatic rings. The summed E-state index contributed by atoms with van der Waals surface area (Å²) in [6.45, 7) is 0. The van der Waals surface area contributed by atoms with Gasteiger partial charge in [0.05, 0.1) is 5.69 Å².